The molecule has 0 aromatic rings. The molecule has 1 N–H and O–H groups in total. The number of hydrogen-bond acceptors (Lipinski definition) is 2. The maximum absolute atomic E-state index is 11.3. The molecule has 1 aliphatic heterocycles. The Kier molecular flexibility index (Phi) is 1.91. The van der Waals surface area contributed by atoms with E-state index in [0.717, 1.165) is 32.2 Å². The molecule has 3 aliphatic rings. The third-order valence-corrected chi connectivity index (χ3v) is 4.62. The van der Waals surface area contributed by atoms with Crippen molar-refractivity contribution in [1.29, 1.82) is 0 Å². The lowest BCUT2D eigenvalue weighted by Crippen LogP contribution is -2.53. The van der Waals surface area contributed by atoms with Crippen molar-refractivity contribution < 1.29 is 9.90 Å². The number of carbonyl (C=O) groups is 1. The average molecular weight is 209 g/mol. The van der Waals surface area contributed by atoms with E-state index in [4.69, 9.17) is 0 Å². The van der Waals surface area contributed by atoms with Gasteiger partial charge in [-0.2, -0.15) is 0 Å². The second-order valence-corrected chi connectivity index (χ2v) is 5.94. The highest BCUT2D eigenvalue weighted by atomic mass is 16.4. The lowest BCUT2D eigenvalue weighted by molar-refractivity contribution is -0.151. The number of carboxylic acid groups (broad SMARTS) is 1. The van der Waals surface area contributed by atoms with Crippen molar-refractivity contribution in [3.05, 3.63) is 0 Å². The molecule has 3 rings (SSSR count). The summed E-state index contributed by atoms with van der Waals surface area (Å²) >= 11 is 0. The highest BCUT2D eigenvalue weighted by Gasteiger charge is 2.54. The summed E-state index contributed by atoms with van der Waals surface area (Å²) in [5, 5.41) is 9.35. The van der Waals surface area contributed by atoms with Gasteiger partial charge in [0.2, 0.25) is 0 Å². The molecule has 0 radical (unpaired) electrons. The normalized spacial score (nSPS) is 31.5. The molecule has 2 saturated carbocycles. The van der Waals surface area contributed by atoms with Crippen LogP contribution >= 0.6 is 0 Å². The largest absolute Gasteiger partial charge is 0.481 e. The van der Waals surface area contributed by atoms with E-state index in [1.165, 1.54) is 25.9 Å². The fraction of sp³-hybridized carbons (Fsp3) is 0.917. The van der Waals surface area contributed by atoms with Crippen LogP contribution in [0.1, 0.15) is 38.5 Å². The molecule has 0 aromatic heterocycles. The first kappa shape index (κ1) is 9.64. The molecule has 0 atom stereocenters. The van der Waals surface area contributed by atoms with Gasteiger partial charge in [-0.3, -0.25) is 4.79 Å². The Morgan fingerprint density at radius 1 is 1.13 bits per heavy atom. The van der Waals surface area contributed by atoms with E-state index in [1.807, 2.05) is 0 Å². The van der Waals surface area contributed by atoms with Crippen LogP contribution in [0.25, 0.3) is 0 Å². The zero-order valence-corrected chi connectivity index (χ0v) is 9.17. The molecule has 3 fully saturated rings. The van der Waals surface area contributed by atoms with Gasteiger partial charge in [-0.25, -0.2) is 0 Å². The second-order valence-electron chi connectivity index (χ2n) is 5.94. The number of rotatable bonds is 3. The predicted octanol–water partition coefficient (Wildman–Crippen LogP) is 1.73. The van der Waals surface area contributed by atoms with Gasteiger partial charge in [-0.15, -0.1) is 0 Å². The monoisotopic (exact) mass is 209 g/mol. The van der Waals surface area contributed by atoms with Crippen LogP contribution < -0.4 is 0 Å². The lowest BCUT2D eigenvalue weighted by Gasteiger charge is -2.43. The predicted molar refractivity (Wildman–Crippen MR) is 56.6 cm³/mol. The van der Waals surface area contributed by atoms with Crippen LogP contribution in [0.15, 0.2) is 0 Å². The summed E-state index contributed by atoms with van der Waals surface area (Å²) in [6.45, 7) is 3.15. The van der Waals surface area contributed by atoms with E-state index in [2.05, 4.69) is 4.90 Å². The zero-order valence-electron chi connectivity index (χ0n) is 9.17. The first-order chi connectivity index (χ1) is 7.14. The number of nitrogens with zero attached hydrogens (tertiary/aromatic N) is 1. The van der Waals surface area contributed by atoms with E-state index in [1.54, 1.807) is 0 Å². The molecule has 0 unspecified atom stereocenters. The third-order valence-electron chi connectivity index (χ3n) is 4.62. The zero-order chi connectivity index (χ0) is 10.5. The van der Waals surface area contributed by atoms with Crippen LogP contribution in [-0.4, -0.2) is 35.6 Å². The molecule has 0 aromatic carbocycles. The molecular weight excluding hydrogens is 190 g/mol. The highest BCUT2D eigenvalue weighted by molar-refractivity contribution is 5.75. The van der Waals surface area contributed by atoms with Gasteiger partial charge in [0, 0.05) is 19.6 Å². The van der Waals surface area contributed by atoms with Gasteiger partial charge in [0.15, 0.2) is 0 Å². The second kappa shape index (κ2) is 2.97. The van der Waals surface area contributed by atoms with Gasteiger partial charge in [-0.1, -0.05) is 12.8 Å². The minimum absolute atomic E-state index is 0.392. The van der Waals surface area contributed by atoms with Crippen molar-refractivity contribution >= 4 is 5.97 Å². The van der Waals surface area contributed by atoms with Gasteiger partial charge >= 0.3 is 5.97 Å². The van der Waals surface area contributed by atoms with Crippen molar-refractivity contribution in [2.24, 2.45) is 10.8 Å². The summed E-state index contributed by atoms with van der Waals surface area (Å²) in [6.07, 6.45) is 6.75. The summed E-state index contributed by atoms with van der Waals surface area (Å²) < 4.78 is 0. The van der Waals surface area contributed by atoms with Gasteiger partial charge in [-0.05, 0) is 31.1 Å². The SMILES string of the molecule is O=C(O)C1(CN2CC3(CC3)C2)CCCC1. The van der Waals surface area contributed by atoms with Crippen molar-refractivity contribution in [2.45, 2.75) is 38.5 Å². The van der Waals surface area contributed by atoms with Crippen LogP contribution in [0.2, 0.25) is 0 Å². The number of aliphatic carboxylic acids is 1. The van der Waals surface area contributed by atoms with Gasteiger partial charge < -0.3 is 10.0 Å². The molecule has 84 valence electrons. The van der Waals surface area contributed by atoms with E-state index in [9.17, 15) is 9.90 Å². The lowest BCUT2D eigenvalue weighted by atomic mass is 9.83. The summed E-state index contributed by atoms with van der Waals surface area (Å²) in [5.41, 5.74) is 0.259. The van der Waals surface area contributed by atoms with E-state index in [0.29, 0.717) is 5.41 Å². The Bertz CT molecular complexity index is 282. The summed E-state index contributed by atoms with van der Waals surface area (Å²) in [4.78, 5) is 13.7. The summed E-state index contributed by atoms with van der Waals surface area (Å²) in [6, 6.07) is 0. The minimum Gasteiger partial charge on any atom is -0.481 e. The first-order valence-corrected chi connectivity index (χ1v) is 6.10. The molecule has 3 heteroatoms. The molecule has 1 spiro atoms. The van der Waals surface area contributed by atoms with E-state index >= 15 is 0 Å². The van der Waals surface area contributed by atoms with Crippen LogP contribution in [0, 0.1) is 10.8 Å². The quantitative estimate of drug-likeness (QED) is 0.769. The van der Waals surface area contributed by atoms with Crippen molar-refractivity contribution in [3.8, 4) is 0 Å². The third kappa shape index (κ3) is 1.48. The van der Waals surface area contributed by atoms with Gasteiger partial charge in [0.25, 0.3) is 0 Å². The van der Waals surface area contributed by atoms with Gasteiger partial charge in [0.05, 0.1) is 5.41 Å². The fourth-order valence-corrected chi connectivity index (χ4v) is 3.43. The summed E-state index contributed by atoms with van der Waals surface area (Å²) in [5.74, 6) is -0.559. The van der Waals surface area contributed by atoms with Crippen molar-refractivity contribution in [3.63, 3.8) is 0 Å². The average Bonchev–Trinajstić information content (AvgIpc) is 2.76. The molecule has 0 amide bonds. The highest BCUT2D eigenvalue weighted by Crippen LogP contribution is 2.54. The van der Waals surface area contributed by atoms with E-state index < -0.39 is 11.4 Å². The Hall–Kier alpha value is -0.570. The Labute approximate surface area is 90.5 Å². The Morgan fingerprint density at radius 2 is 1.73 bits per heavy atom. The van der Waals surface area contributed by atoms with Crippen molar-refractivity contribution in [1.82, 2.24) is 4.90 Å². The van der Waals surface area contributed by atoms with Crippen molar-refractivity contribution in [2.75, 3.05) is 19.6 Å². The first-order valence-electron chi connectivity index (χ1n) is 6.10. The van der Waals surface area contributed by atoms with Crippen LogP contribution in [-0.2, 0) is 4.79 Å². The molecule has 1 saturated heterocycles. The van der Waals surface area contributed by atoms with Gasteiger partial charge in [0.1, 0.15) is 0 Å². The van der Waals surface area contributed by atoms with Crippen LogP contribution in [0.4, 0.5) is 0 Å². The fourth-order valence-electron chi connectivity index (χ4n) is 3.43. The summed E-state index contributed by atoms with van der Waals surface area (Å²) in [7, 11) is 0. The Balaban J connectivity index is 1.62. The van der Waals surface area contributed by atoms with Crippen LogP contribution in [0.3, 0.4) is 0 Å². The smallest absolute Gasteiger partial charge is 0.310 e. The molecule has 0 bridgehead atoms. The molecule has 3 nitrogen and oxygen atoms in total. The minimum atomic E-state index is -0.559. The maximum Gasteiger partial charge on any atom is 0.310 e. The maximum atomic E-state index is 11.3. The number of hydrogen-bond donors (Lipinski definition) is 1. The number of likely N-dealkylation sites (tertiary alicyclic amines) is 1. The molecule has 2 aliphatic carbocycles. The van der Waals surface area contributed by atoms with E-state index in [-0.39, 0.29) is 0 Å². The molecule has 1 heterocycles. The standard InChI is InChI=1S/C12H19NO2/c14-10(15)12(3-1-2-4-12)9-13-7-11(8-13)5-6-11/h1-9H2,(H,14,15). The van der Waals surface area contributed by atoms with Crippen LogP contribution in [0.5, 0.6) is 0 Å². The Morgan fingerprint density at radius 3 is 2.20 bits per heavy atom. The topological polar surface area (TPSA) is 40.5 Å². The number of carboxylic acids is 1. The molecular formula is C12H19NO2. The molecule has 15 heavy (non-hydrogen) atoms.